The van der Waals surface area contributed by atoms with Crippen LogP contribution in [-0.2, 0) is 11.2 Å². The molecule has 3 aliphatic heterocycles. The molecule has 0 aliphatic carbocycles. The summed E-state index contributed by atoms with van der Waals surface area (Å²) in [6.45, 7) is 1.96. The predicted octanol–water partition coefficient (Wildman–Crippen LogP) is 7.60. The van der Waals surface area contributed by atoms with Crippen LogP contribution in [0.5, 0.6) is 11.8 Å². The van der Waals surface area contributed by atoms with Crippen LogP contribution in [0.1, 0.15) is 43.9 Å². The quantitative estimate of drug-likeness (QED) is 0.131. The number of ether oxygens (including phenoxy) is 2. The van der Waals surface area contributed by atoms with Crippen molar-refractivity contribution in [3.05, 3.63) is 47.2 Å². The molecule has 2 aromatic heterocycles. The van der Waals surface area contributed by atoms with Gasteiger partial charge in [0, 0.05) is 43.2 Å². The lowest BCUT2D eigenvalue weighted by atomic mass is 9.95. The third-order valence-electron chi connectivity index (χ3n) is 11.2. The Balaban J connectivity index is 1.27. The number of phenols is 1. The Morgan fingerprint density at radius 2 is 1.62 bits per heavy atom. The van der Waals surface area contributed by atoms with Gasteiger partial charge in [-0.3, -0.25) is 4.90 Å². The van der Waals surface area contributed by atoms with Crippen molar-refractivity contribution in [3.63, 3.8) is 0 Å². The van der Waals surface area contributed by atoms with Crippen LogP contribution in [0.25, 0.3) is 32.9 Å². The Kier molecular flexibility index (Phi) is 10.6. The number of alkyl halides is 9. The Hall–Kier alpha value is -4.74. The van der Waals surface area contributed by atoms with Gasteiger partial charge in [-0.2, -0.15) is 49.5 Å². The summed E-state index contributed by atoms with van der Waals surface area (Å²) in [6, 6.07) is 3.41. The van der Waals surface area contributed by atoms with E-state index < -0.39 is 54.0 Å². The summed E-state index contributed by atoms with van der Waals surface area (Å²) < 4.78 is 165. The predicted molar refractivity (Wildman–Crippen MR) is 188 cm³/mol. The average Bonchev–Trinajstić information content (AvgIpc) is 3.72. The first-order valence-corrected chi connectivity index (χ1v) is 18.3. The van der Waals surface area contributed by atoms with Gasteiger partial charge in [-0.25, -0.2) is 13.8 Å². The minimum Gasteiger partial charge on any atom is -0.508 e. The maximum atomic E-state index is 17.1. The molecule has 0 amide bonds. The van der Waals surface area contributed by atoms with E-state index in [4.69, 9.17) is 11.2 Å². The first-order valence-electron chi connectivity index (χ1n) is 18.3. The molecule has 2 aromatic carbocycles. The number of fused-ring (bicyclic) bond motifs is 3. The van der Waals surface area contributed by atoms with Gasteiger partial charge in [0.25, 0.3) is 0 Å². The Morgan fingerprint density at radius 1 is 0.931 bits per heavy atom. The maximum absolute atomic E-state index is 17.1. The lowest BCUT2D eigenvalue weighted by molar-refractivity contribution is -0.458. The SMILES string of the molecule is C#Cc1c(F)ccc2cc(O)cc(-c3nc(CC)c4c(N5CCNCC5)nc(OC[C@@]56CCCN5[C@H](COC(C(F)(F)F)(C(F)(F)F)C(F)(F)F)CC6)nc4c3F)c12. The van der Waals surface area contributed by atoms with Crippen LogP contribution in [0.15, 0.2) is 24.3 Å². The summed E-state index contributed by atoms with van der Waals surface area (Å²) in [7, 11) is 0. The summed E-state index contributed by atoms with van der Waals surface area (Å²) in [4.78, 5) is 17.1. The average molecular weight is 833 g/mol. The van der Waals surface area contributed by atoms with Crippen LogP contribution in [0.3, 0.4) is 0 Å². The van der Waals surface area contributed by atoms with Crippen molar-refractivity contribution in [2.24, 2.45) is 0 Å². The number of phenolic OH excluding ortho intramolecular Hbond substituents is 1. The minimum absolute atomic E-state index is 0.0216. The number of hydrogen-bond donors (Lipinski definition) is 2. The van der Waals surface area contributed by atoms with Gasteiger partial charge >= 0.3 is 30.1 Å². The third-order valence-corrected chi connectivity index (χ3v) is 11.2. The molecule has 4 aromatic rings. The molecule has 58 heavy (non-hydrogen) atoms. The lowest BCUT2D eigenvalue weighted by Gasteiger charge is -2.40. The van der Waals surface area contributed by atoms with E-state index in [1.807, 2.05) is 4.90 Å². The number of terminal acetylenes is 1. The van der Waals surface area contributed by atoms with Crippen molar-refractivity contribution in [2.45, 2.75) is 74.7 Å². The van der Waals surface area contributed by atoms with Gasteiger partial charge in [-0.1, -0.05) is 18.9 Å². The van der Waals surface area contributed by atoms with Gasteiger partial charge < -0.3 is 24.8 Å². The molecule has 2 atom stereocenters. The fourth-order valence-corrected chi connectivity index (χ4v) is 8.50. The molecule has 3 saturated heterocycles. The summed E-state index contributed by atoms with van der Waals surface area (Å²) in [5.41, 5.74) is -7.90. The number of pyridine rings is 1. The van der Waals surface area contributed by atoms with Crippen LogP contribution < -0.4 is 15.0 Å². The van der Waals surface area contributed by atoms with E-state index in [-0.39, 0.29) is 83.1 Å². The Bertz CT molecular complexity index is 2230. The van der Waals surface area contributed by atoms with E-state index in [0.29, 0.717) is 50.1 Å². The van der Waals surface area contributed by atoms with E-state index in [1.54, 1.807) is 6.92 Å². The molecule has 3 aliphatic rings. The number of halogens is 11. The number of nitrogens with one attached hydrogen (secondary N) is 1. The molecule has 0 spiro atoms. The van der Waals surface area contributed by atoms with Crippen LogP contribution in [0.4, 0.5) is 54.1 Å². The second kappa shape index (κ2) is 14.8. The fourth-order valence-electron chi connectivity index (χ4n) is 8.50. The van der Waals surface area contributed by atoms with Crippen LogP contribution in [-0.4, -0.2) is 107 Å². The number of anilines is 1. The number of rotatable bonds is 9. The van der Waals surface area contributed by atoms with Crippen LogP contribution in [0, 0.1) is 24.0 Å². The van der Waals surface area contributed by atoms with E-state index in [9.17, 15) is 49.0 Å². The van der Waals surface area contributed by atoms with Crippen molar-refractivity contribution < 1.29 is 62.9 Å². The second-order valence-corrected chi connectivity index (χ2v) is 14.5. The zero-order chi connectivity index (χ0) is 42.0. The zero-order valence-electron chi connectivity index (χ0n) is 30.6. The fraction of sp³-hybridized carbons (Fsp3) is 0.500. The van der Waals surface area contributed by atoms with Gasteiger partial charge in [0.2, 0.25) is 0 Å². The first kappa shape index (κ1) is 41.4. The molecular weight excluding hydrogens is 797 g/mol. The number of benzene rings is 2. The molecule has 312 valence electrons. The molecule has 0 saturated carbocycles. The summed E-state index contributed by atoms with van der Waals surface area (Å²) >= 11 is 0. The highest BCUT2D eigenvalue weighted by Crippen LogP contribution is 2.55. The molecule has 0 radical (unpaired) electrons. The highest BCUT2D eigenvalue weighted by molar-refractivity contribution is 6.03. The minimum atomic E-state index is -6.86. The molecule has 20 heteroatoms. The number of hydrogen-bond acceptors (Lipinski definition) is 9. The monoisotopic (exact) mass is 832 g/mol. The van der Waals surface area contributed by atoms with Crippen LogP contribution in [0.2, 0.25) is 0 Å². The van der Waals surface area contributed by atoms with Gasteiger partial charge in [0.15, 0.2) is 5.82 Å². The number of piperazine rings is 1. The molecule has 0 bridgehead atoms. The number of aromatic hydroxyl groups is 1. The number of nitrogens with zero attached hydrogens (tertiary/aromatic N) is 5. The second-order valence-electron chi connectivity index (χ2n) is 14.5. The lowest BCUT2D eigenvalue weighted by Crippen LogP contribution is -2.68. The molecule has 9 nitrogen and oxygen atoms in total. The van der Waals surface area contributed by atoms with E-state index in [2.05, 4.69) is 30.9 Å². The highest BCUT2D eigenvalue weighted by Gasteiger charge is 2.85. The third kappa shape index (κ3) is 6.77. The van der Waals surface area contributed by atoms with Gasteiger partial charge in [-0.05, 0) is 62.2 Å². The van der Waals surface area contributed by atoms with Crippen molar-refractivity contribution in [1.82, 2.24) is 25.2 Å². The number of aryl methyl sites for hydroxylation is 1. The summed E-state index contributed by atoms with van der Waals surface area (Å²) in [6.07, 6.45) is -14.0. The molecule has 5 heterocycles. The summed E-state index contributed by atoms with van der Waals surface area (Å²) in [5, 5.41) is 14.5. The first-order chi connectivity index (χ1) is 27.3. The van der Waals surface area contributed by atoms with E-state index >= 15 is 4.39 Å². The number of aromatic nitrogens is 3. The van der Waals surface area contributed by atoms with Crippen LogP contribution >= 0.6 is 0 Å². The van der Waals surface area contributed by atoms with E-state index in [0.717, 1.165) is 6.07 Å². The molecule has 3 fully saturated rings. The molecule has 0 unspecified atom stereocenters. The molecule has 7 rings (SSSR count). The standard InChI is InChI=1S/C38H35F11N6O3/c1-3-23-25(39)7-6-20-16-22(56)17-24(27(20)23)30-29(40)31-28(26(4-2)51-30)32(54-14-11-50-12-15-54)53-33(52-31)57-19-34-9-5-13-55(34)21(8-10-34)18-58-35(36(41,42)43,37(44,45)46)38(47,48)49/h1,6-7,16-17,21,50,56H,4-5,8-15,18-19H2,2H3/t21-,34-/m0/s1. The van der Waals surface area contributed by atoms with Crippen molar-refractivity contribution >= 4 is 27.5 Å². The molecular formula is C38H35F11N6O3. The topological polar surface area (TPSA) is 95.9 Å². The Labute approximate surface area is 323 Å². The normalized spacial score (nSPS) is 20.9. The Morgan fingerprint density at radius 3 is 2.26 bits per heavy atom. The van der Waals surface area contributed by atoms with E-state index in [1.165, 1.54) is 23.1 Å². The van der Waals surface area contributed by atoms with Gasteiger partial charge in [0.05, 0.1) is 28.8 Å². The smallest absolute Gasteiger partial charge is 0.435 e. The molecule has 2 N–H and O–H groups in total. The summed E-state index contributed by atoms with van der Waals surface area (Å²) in [5.74, 6) is 0.504. The van der Waals surface area contributed by atoms with Gasteiger partial charge in [-0.15, -0.1) is 6.42 Å². The highest BCUT2D eigenvalue weighted by atomic mass is 19.4. The van der Waals surface area contributed by atoms with Crippen molar-refractivity contribution in [3.8, 4) is 35.4 Å². The largest absolute Gasteiger partial charge is 0.508 e. The van der Waals surface area contributed by atoms with Crippen molar-refractivity contribution in [1.29, 1.82) is 0 Å². The zero-order valence-corrected chi connectivity index (χ0v) is 30.6. The maximum Gasteiger partial charge on any atom is 0.435 e. The van der Waals surface area contributed by atoms with Gasteiger partial charge in [0.1, 0.15) is 35.2 Å². The van der Waals surface area contributed by atoms with Crippen molar-refractivity contribution in [2.75, 3.05) is 50.8 Å².